The number of unbranched alkanes of at least 4 members (excludes halogenated alkanes) is 3. The van der Waals surface area contributed by atoms with Crippen molar-refractivity contribution >= 4 is 53.7 Å². The van der Waals surface area contributed by atoms with Gasteiger partial charge in [0.05, 0.1) is 30.9 Å². The van der Waals surface area contributed by atoms with Gasteiger partial charge in [-0.3, -0.25) is 0 Å². The lowest BCUT2D eigenvalue weighted by Crippen LogP contribution is -2.43. The average molecular weight is 509 g/mol. The first-order chi connectivity index (χ1) is 13.6. The number of nitrogens with zero attached hydrogens (tertiary/aromatic N) is 1. The quantitative estimate of drug-likeness (QED) is 0.292. The van der Waals surface area contributed by atoms with Crippen LogP contribution in [-0.4, -0.2) is 31.0 Å². The van der Waals surface area contributed by atoms with Gasteiger partial charge in [0.1, 0.15) is 0 Å². The Morgan fingerprint density at radius 2 is 1.54 bits per heavy atom. The Kier molecular flexibility index (Phi) is 6.46. The molecule has 0 N–H and O–H groups in total. The fraction of sp³-hybridized carbons (Fsp3) is 0.478. The number of aromatic nitrogens is 1. The number of hydrogen-bond acceptors (Lipinski definition) is 2. The van der Waals surface area contributed by atoms with Gasteiger partial charge in [-0.15, -0.1) is 0 Å². The molecule has 5 heteroatoms. The minimum absolute atomic E-state index is 0.263. The molecule has 1 saturated heterocycles. The van der Waals surface area contributed by atoms with Gasteiger partial charge in [-0.05, 0) is 37.1 Å². The molecule has 0 atom stereocenters. The molecule has 2 aromatic carbocycles. The summed E-state index contributed by atoms with van der Waals surface area (Å²) in [5.74, 6) is 0. The molecule has 1 aromatic heterocycles. The summed E-state index contributed by atoms with van der Waals surface area (Å²) in [5, 5.41) is 2.65. The molecule has 1 aliphatic heterocycles. The molecule has 0 bridgehead atoms. The summed E-state index contributed by atoms with van der Waals surface area (Å²) in [4.78, 5) is 0. The van der Waals surface area contributed by atoms with Crippen molar-refractivity contribution in [3.63, 3.8) is 0 Å². The minimum Gasteiger partial charge on any atom is -0.381 e. The molecule has 3 nitrogen and oxygen atoms in total. The molecule has 0 radical (unpaired) electrons. The van der Waals surface area contributed by atoms with E-state index in [1.54, 1.807) is 0 Å². The number of hydrogen-bond donors (Lipinski definition) is 0. The largest absolute Gasteiger partial charge is 0.381 e. The van der Waals surface area contributed by atoms with Gasteiger partial charge in [0.15, 0.2) is 0 Å². The van der Waals surface area contributed by atoms with Crippen LogP contribution in [-0.2, 0) is 16.0 Å². The summed E-state index contributed by atoms with van der Waals surface area (Å²) in [6, 6.07) is 13.2. The van der Waals surface area contributed by atoms with E-state index < -0.39 is 0 Å². The van der Waals surface area contributed by atoms with Gasteiger partial charge in [-0.25, -0.2) is 0 Å². The van der Waals surface area contributed by atoms with Crippen LogP contribution in [0.25, 0.3) is 21.8 Å². The van der Waals surface area contributed by atoms with E-state index in [0.29, 0.717) is 0 Å². The Morgan fingerprint density at radius 1 is 0.929 bits per heavy atom. The zero-order valence-corrected chi connectivity index (χ0v) is 19.5. The summed E-state index contributed by atoms with van der Waals surface area (Å²) in [6.45, 7) is 6.67. The van der Waals surface area contributed by atoms with Gasteiger partial charge in [0.25, 0.3) is 0 Å². The van der Waals surface area contributed by atoms with Crippen molar-refractivity contribution < 1.29 is 9.47 Å². The minimum atomic E-state index is 0.263. The molecule has 28 heavy (non-hydrogen) atoms. The lowest BCUT2D eigenvalue weighted by molar-refractivity contribution is -0.137. The van der Waals surface area contributed by atoms with Crippen molar-refractivity contribution in [1.82, 2.24) is 4.57 Å². The summed E-state index contributed by atoms with van der Waals surface area (Å²) in [7, 11) is 0. The highest BCUT2D eigenvalue weighted by atomic mass is 79.9. The van der Waals surface area contributed by atoms with Crippen molar-refractivity contribution in [2.75, 3.05) is 26.4 Å². The lowest BCUT2D eigenvalue weighted by Gasteiger charge is -2.37. The van der Waals surface area contributed by atoms with E-state index in [1.807, 2.05) is 0 Å². The number of aryl methyl sites for hydroxylation is 1. The van der Waals surface area contributed by atoms with Gasteiger partial charge in [0, 0.05) is 38.3 Å². The zero-order valence-electron chi connectivity index (χ0n) is 16.3. The second-order valence-corrected chi connectivity index (χ2v) is 10.1. The molecule has 4 rings (SSSR count). The molecule has 1 aliphatic rings. The first-order valence-electron chi connectivity index (χ1n) is 10.1. The van der Waals surface area contributed by atoms with Crippen LogP contribution >= 0.6 is 31.9 Å². The third-order valence-corrected chi connectivity index (χ3v) is 6.55. The molecule has 0 spiro atoms. The molecule has 3 aromatic rings. The summed E-state index contributed by atoms with van der Waals surface area (Å²) in [6.07, 6.45) is 4.77. The summed E-state index contributed by atoms with van der Waals surface area (Å²) < 4.78 is 15.8. The van der Waals surface area contributed by atoms with Crippen LogP contribution < -0.4 is 0 Å². The number of ether oxygens (including phenoxy) is 2. The predicted molar refractivity (Wildman–Crippen MR) is 123 cm³/mol. The van der Waals surface area contributed by atoms with E-state index in [-0.39, 0.29) is 5.41 Å². The molecule has 0 aliphatic carbocycles. The van der Waals surface area contributed by atoms with Gasteiger partial charge >= 0.3 is 0 Å². The molecular formula is C23H27Br2NO2. The van der Waals surface area contributed by atoms with Crippen LogP contribution in [0.3, 0.4) is 0 Å². The highest BCUT2D eigenvalue weighted by Crippen LogP contribution is 2.33. The van der Waals surface area contributed by atoms with E-state index in [9.17, 15) is 0 Å². The molecule has 0 saturated carbocycles. The van der Waals surface area contributed by atoms with Crippen LogP contribution in [0.5, 0.6) is 0 Å². The average Bonchev–Trinajstić information content (AvgIpc) is 2.94. The maximum absolute atomic E-state index is 5.84. The predicted octanol–water partition coefficient (Wildman–Crippen LogP) is 6.93. The first kappa shape index (κ1) is 20.4. The third kappa shape index (κ3) is 4.48. The monoisotopic (exact) mass is 507 g/mol. The van der Waals surface area contributed by atoms with E-state index in [2.05, 4.69) is 79.7 Å². The Hall–Kier alpha value is -0.880. The molecule has 1 fully saturated rings. The van der Waals surface area contributed by atoms with Crippen molar-refractivity contribution in [3.8, 4) is 0 Å². The Balaban J connectivity index is 1.32. The van der Waals surface area contributed by atoms with Crippen molar-refractivity contribution in [1.29, 1.82) is 0 Å². The maximum atomic E-state index is 5.84. The first-order valence-corrected chi connectivity index (χ1v) is 11.7. The van der Waals surface area contributed by atoms with Gasteiger partial charge in [-0.1, -0.05) is 63.8 Å². The smallest absolute Gasteiger partial charge is 0.0564 e. The normalized spacial score (nSPS) is 16.0. The molecule has 0 unspecified atom stereocenters. The van der Waals surface area contributed by atoms with Crippen LogP contribution in [0.15, 0.2) is 45.3 Å². The van der Waals surface area contributed by atoms with E-state index in [1.165, 1.54) is 41.1 Å². The number of halogens is 2. The number of rotatable bonds is 9. The molecule has 150 valence electrons. The van der Waals surface area contributed by atoms with Crippen LogP contribution in [0.4, 0.5) is 0 Å². The van der Waals surface area contributed by atoms with Crippen LogP contribution in [0, 0.1) is 5.41 Å². The van der Waals surface area contributed by atoms with Crippen molar-refractivity contribution in [3.05, 3.63) is 45.3 Å². The fourth-order valence-electron chi connectivity index (χ4n) is 3.96. The Labute approximate surface area is 183 Å². The van der Waals surface area contributed by atoms with E-state index in [4.69, 9.17) is 9.47 Å². The molecule has 2 heterocycles. The SMILES string of the molecule is CC1(COCCCCCCn2c3cc(Br)ccc3c3ccc(Br)cc32)COC1. The molecular weight excluding hydrogens is 482 g/mol. The number of fused-ring (bicyclic) bond motifs is 3. The highest BCUT2D eigenvalue weighted by Gasteiger charge is 2.33. The van der Waals surface area contributed by atoms with Crippen molar-refractivity contribution in [2.24, 2.45) is 5.41 Å². The van der Waals surface area contributed by atoms with Crippen molar-refractivity contribution in [2.45, 2.75) is 39.2 Å². The van der Waals surface area contributed by atoms with Crippen LogP contribution in [0.1, 0.15) is 32.6 Å². The highest BCUT2D eigenvalue weighted by molar-refractivity contribution is 9.10. The maximum Gasteiger partial charge on any atom is 0.0564 e. The fourth-order valence-corrected chi connectivity index (χ4v) is 4.66. The summed E-state index contributed by atoms with van der Waals surface area (Å²) in [5.41, 5.74) is 2.88. The van der Waals surface area contributed by atoms with E-state index in [0.717, 1.165) is 48.3 Å². The zero-order chi connectivity index (χ0) is 19.6. The third-order valence-electron chi connectivity index (χ3n) is 5.56. The lowest BCUT2D eigenvalue weighted by atomic mass is 9.90. The second kappa shape index (κ2) is 8.86. The van der Waals surface area contributed by atoms with E-state index >= 15 is 0 Å². The Bertz CT molecular complexity index is 903. The standard InChI is InChI=1S/C23H27Br2NO2/c1-23(15-28-16-23)14-27-11-5-3-2-4-10-26-21-12-17(24)6-8-19(21)20-9-7-18(25)13-22(20)26/h6-9,12-13H,2-5,10-11,14-16H2,1H3. The Morgan fingerprint density at radius 3 is 2.11 bits per heavy atom. The van der Waals surface area contributed by atoms with Crippen LogP contribution in [0.2, 0.25) is 0 Å². The van der Waals surface area contributed by atoms with Gasteiger partial charge < -0.3 is 14.0 Å². The second-order valence-electron chi connectivity index (χ2n) is 8.24. The van der Waals surface area contributed by atoms with Gasteiger partial charge in [-0.2, -0.15) is 0 Å². The topological polar surface area (TPSA) is 23.4 Å². The summed E-state index contributed by atoms with van der Waals surface area (Å²) >= 11 is 7.27. The number of benzene rings is 2. The molecule has 0 amide bonds. The van der Waals surface area contributed by atoms with Gasteiger partial charge in [0.2, 0.25) is 0 Å².